The van der Waals surface area contributed by atoms with Crippen molar-refractivity contribution < 1.29 is 4.79 Å². The minimum atomic E-state index is -0.483. The van der Waals surface area contributed by atoms with E-state index in [-0.39, 0.29) is 12.4 Å². The highest BCUT2D eigenvalue weighted by Crippen LogP contribution is 1.95. The van der Waals surface area contributed by atoms with Gasteiger partial charge in [0.1, 0.15) is 5.69 Å². The average Bonchev–Trinajstić information content (AvgIpc) is 1.88. The molecule has 0 fully saturated rings. The fourth-order valence-corrected chi connectivity index (χ4v) is 0.680. The number of aromatic nitrogens is 1. The maximum atomic E-state index is 10.5. The Labute approximate surface area is 71.0 Å². The van der Waals surface area contributed by atoms with Gasteiger partial charge in [0.25, 0.3) is 5.91 Å². The van der Waals surface area contributed by atoms with Gasteiger partial charge in [0, 0.05) is 5.69 Å². The molecule has 2 N–H and O–H groups in total. The molecule has 0 unspecified atom stereocenters. The standard InChI is InChI=1S/C7H8N2O.ClH/c1-5-3-2-4-6(9-5)7(8)10;/h2-4H,1H3,(H2,8,10);1H. The molecule has 0 saturated heterocycles. The van der Waals surface area contributed by atoms with Crippen LogP contribution in [0.15, 0.2) is 18.2 Å². The van der Waals surface area contributed by atoms with E-state index in [4.69, 9.17) is 5.73 Å². The van der Waals surface area contributed by atoms with Crippen LogP contribution in [0.5, 0.6) is 0 Å². The fraction of sp³-hybridized carbons (Fsp3) is 0.143. The van der Waals surface area contributed by atoms with Crippen molar-refractivity contribution >= 4 is 18.3 Å². The Balaban J connectivity index is 0.000001000. The lowest BCUT2D eigenvalue weighted by atomic mass is 10.3. The second-order valence-corrected chi connectivity index (χ2v) is 2.03. The van der Waals surface area contributed by atoms with Crippen LogP contribution in [0.3, 0.4) is 0 Å². The molecule has 0 bridgehead atoms. The van der Waals surface area contributed by atoms with Gasteiger partial charge in [0.05, 0.1) is 0 Å². The molecule has 0 aromatic carbocycles. The van der Waals surface area contributed by atoms with Gasteiger partial charge >= 0.3 is 0 Å². The number of aryl methyl sites for hydroxylation is 1. The van der Waals surface area contributed by atoms with E-state index in [1.54, 1.807) is 12.1 Å². The number of amides is 1. The predicted molar refractivity (Wildman–Crippen MR) is 44.7 cm³/mol. The Morgan fingerprint density at radius 3 is 2.55 bits per heavy atom. The first kappa shape index (κ1) is 9.91. The number of halogens is 1. The van der Waals surface area contributed by atoms with Crippen molar-refractivity contribution in [1.82, 2.24) is 4.98 Å². The lowest BCUT2D eigenvalue weighted by Crippen LogP contribution is -2.12. The maximum absolute atomic E-state index is 10.5. The van der Waals surface area contributed by atoms with Crippen molar-refractivity contribution in [3.8, 4) is 0 Å². The minimum absolute atomic E-state index is 0. The van der Waals surface area contributed by atoms with Gasteiger partial charge in [-0.2, -0.15) is 0 Å². The first-order valence-electron chi connectivity index (χ1n) is 2.93. The summed E-state index contributed by atoms with van der Waals surface area (Å²) in [4.78, 5) is 14.4. The number of hydrogen-bond acceptors (Lipinski definition) is 2. The summed E-state index contributed by atoms with van der Waals surface area (Å²) in [5.41, 5.74) is 6.10. The van der Waals surface area contributed by atoms with Gasteiger partial charge in [0.2, 0.25) is 0 Å². The molecule has 60 valence electrons. The molecular weight excluding hydrogens is 164 g/mol. The molecule has 0 saturated carbocycles. The van der Waals surface area contributed by atoms with Crippen molar-refractivity contribution in [3.63, 3.8) is 0 Å². The summed E-state index contributed by atoms with van der Waals surface area (Å²) >= 11 is 0. The monoisotopic (exact) mass is 172 g/mol. The van der Waals surface area contributed by atoms with E-state index >= 15 is 0 Å². The van der Waals surface area contributed by atoms with Crippen molar-refractivity contribution in [2.24, 2.45) is 5.73 Å². The quantitative estimate of drug-likeness (QED) is 0.685. The van der Waals surface area contributed by atoms with Gasteiger partial charge in [-0.05, 0) is 19.1 Å². The van der Waals surface area contributed by atoms with Crippen LogP contribution in [-0.2, 0) is 0 Å². The third-order valence-corrected chi connectivity index (χ3v) is 1.14. The second-order valence-electron chi connectivity index (χ2n) is 2.03. The molecule has 3 nitrogen and oxygen atoms in total. The SMILES string of the molecule is Cc1cccc(C(N)=O)n1.Cl. The van der Waals surface area contributed by atoms with Crippen molar-refractivity contribution in [2.45, 2.75) is 6.92 Å². The lowest BCUT2D eigenvalue weighted by Gasteiger charge is -1.93. The molecule has 0 atom stereocenters. The van der Waals surface area contributed by atoms with Crippen molar-refractivity contribution in [1.29, 1.82) is 0 Å². The van der Waals surface area contributed by atoms with E-state index in [1.165, 1.54) is 0 Å². The van der Waals surface area contributed by atoms with Crippen LogP contribution in [0.4, 0.5) is 0 Å². The van der Waals surface area contributed by atoms with Gasteiger partial charge in [0.15, 0.2) is 0 Å². The van der Waals surface area contributed by atoms with Gasteiger partial charge in [-0.25, -0.2) is 4.98 Å². The van der Waals surface area contributed by atoms with Crippen LogP contribution in [0, 0.1) is 6.92 Å². The van der Waals surface area contributed by atoms with Crippen LogP contribution in [0.25, 0.3) is 0 Å². The summed E-state index contributed by atoms with van der Waals surface area (Å²) in [7, 11) is 0. The molecule has 11 heavy (non-hydrogen) atoms. The van der Waals surface area contributed by atoms with Crippen LogP contribution in [0.2, 0.25) is 0 Å². The molecule has 0 aliphatic heterocycles. The number of carbonyl (C=O) groups excluding carboxylic acids is 1. The summed E-state index contributed by atoms with van der Waals surface area (Å²) in [6.07, 6.45) is 0. The molecule has 0 spiro atoms. The molecule has 4 heteroatoms. The zero-order valence-corrected chi connectivity index (χ0v) is 6.89. The minimum Gasteiger partial charge on any atom is -0.364 e. The number of primary amides is 1. The summed E-state index contributed by atoms with van der Waals surface area (Å²) in [6.45, 7) is 1.81. The summed E-state index contributed by atoms with van der Waals surface area (Å²) in [6, 6.07) is 5.16. The molecule has 1 amide bonds. The zero-order chi connectivity index (χ0) is 7.56. The van der Waals surface area contributed by atoms with E-state index in [9.17, 15) is 4.79 Å². The van der Waals surface area contributed by atoms with E-state index in [0.717, 1.165) is 5.69 Å². The number of hydrogen-bond donors (Lipinski definition) is 1. The van der Waals surface area contributed by atoms with Gasteiger partial charge in [-0.15, -0.1) is 12.4 Å². The first-order valence-corrected chi connectivity index (χ1v) is 2.93. The fourth-order valence-electron chi connectivity index (χ4n) is 0.680. The van der Waals surface area contributed by atoms with Gasteiger partial charge in [-0.3, -0.25) is 4.79 Å². The topological polar surface area (TPSA) is 56.0 Å². The lowest BCUT2D eigenvalue weighted by molar-refractivity contribution is 0.0995. The normalized spacial score (nSPS) is 8.45. The van der Waals surface area contributed by atoms with Crippen LogP contribution in [-0.4, -0.2) is 10.9 Å². The molecule has 1 heterocycles. The first-order chi connectivity index (χ1) is 4.70. The number of pyridine rings is 1. The summed E-state index contributed by atoms with van der Waals surface area (Å²) in [5, 5.41) is 0. The van der Waals surface area contributed by atoms with E-state index in [1.807, 2.05) is 13.0 Å². The number of carbonyl (C=O) groups is 1. The largest absolute Gasteiger partial charge is 0.364 e. The summed E-state index contributed by atoms with van der Waals surface area (Å²) in [5.74, 6) is -0.483. The van der Waals surface area contributed by atoms with Crippen LogP contribution >= 0.6 is 12.4 Å². The number of rotatable bonds is 1. The number of nitrogens with two attached hydrogens (primary N) is 1. The van der Waals surface area contributed by atoms with E-state index in [2.05, 4.69) is 4.98 Å². The second kappa shape index (κ2) is 3.93. The Kier molecular flexibility index (Phi) is 3.54. The van der Waals surface area contributed by atoms with Crippen LogP contribution < -0.4 is 5.73 Å². The third kappa shape index (κ3) is 2.55. The highest BCUT2D eigenvalue weighted by atomic mass is 35.5. The predicted octanol–water partition coefficient (Wildman–Crippen LogP) is 0.911. The Morgan fingerprint density at radius 2 is 2.18 bits per heavy atom. The molecule has 1 rings (SSSR count). The van der Waals surface area contributed by atoms with E-state index < -0.39 is 5.91 Å². The van der Waals surface area contributed by atoms with Crippen molar-refractivity contribution in [2.75, 3.05) is 0 Å². The molecule has 1 aromatic heterocycles. The molecule has 0 aliphatic carbocycles. The molecule has 0 aliphatic rings. The third-order valence-electron chi connectivity index (χ3n) is 1.14. The Morgan fingerprint density at radius 1 is 1.55 bits per heavy atom. The Bertz CT molecular complexity index is 262. The Hall–Kier alpha value is -1.09. The highest BCUT2D eigenvalue weighted by molar-refractivity contribution is 5.90. The number of nitrogens with zero attached hydrogens (tertiary/aromatic N) is 1. The summed E-state index contributed by atoms with van der Waals surface area (Å²) < 4.78 is 0. The van der Waals surface area contributed by atoms with Gasteiger partial charge < -0.3 is 5.73 Å². The maximum Gasteiger partial charge on any atom is 0.267 e. The zero-order valence-electron chi connectivity index (χ0n) is 6.07. The molecular formula is C7H9ClN2O. The van der Waals surface area contributed by atoms with Crippen molar-refractivity contribution in [3.05, 3.63) is 29.6 Å². The highest BCUT2D eigenvalue weighted by Gasteiger charge is 1.98. The molecule has 1 aromatic rings. The van der Waals surface area contributed by atoms with Crippen LogP contribution in [0.1, 0.15) is 16.2 Å². The average molecular weight is 173 g/mol. The molecule has 0 radical (unpaired) electrons. The van der Waals surface area contributed by atoms with E-state index in [0.29, 0.717) is 5.69 Å². The smallest absolute Gasteiger partial charge is 0.267 e. The van der Waals surface area contributed by atoms with Gasteiger partial charge in [-0.1, -0.05) is 6.07 Å².